The molecule has 156 valence electrons. The van der Waals surface area contributed by atoms with E-state index in [-0.39, 0.29) is 22.8 Å². The highest BCUT2D eigenvalue weighted by Crippen LogP contribution is 2.31. The van der Waals surface area contributed by atoms with E-state index in [9.17, 15) is 13.2 Å². The summed E-state index contributed by atoms with van der Waals surface area (Å²) in [5.41, 5.74) is 2.37. The van der Waals surface area contributed by atoms with Gasteiger partial charge in [0.15, 0.2) is 9.84 Å². The van der Waals surface area contributed by atoms with Gasteiger partial charge in [-0.05, 0) is 49.6 Å². The van der Waals surface area contributed by atoms with Crippen LogP contribution in [0.4, 0.5) is 5.69 Å². The first kappa shape index (κ1) is 21.5. The van der Waals surface area contributed by atoms with Crippen LogP contribution >= 0.6 is 11.5 Å². The lowest BCUT2D eigenvalue weighted by Gasteiger charge is -2.13. The standard InChI is InChI=1S/C19H18N4O5S2/c1-3-4-9-28-13-5-7-14(8-6-13)30(26,27)11-21-17-15(18(24)22-25)10-20-19-16(17)12(2)23-29-19/h5-8,10,25H,9,11H2,1-2H3,(H,20,21)(H,22,24). The van der Waals surface area contributed by atoms with E-state index < -0.39 is 21.6 Å². The van der Waals surface area contributed by atoms with Crippen molar-refractivity contribution < 1.29 is 23.2 Å². The monoisotopic (exact) mass is 446 g/mol. The highest BCUT2D eigenvalue weighted by Gasteiger charge is 2.21. The number of hydrogen-bond acceptors (Lipinski definition) is 9. The number of rotatable bonds is 7. The van der Waals surface area contributed by atoms with Gasteiger partial charge in [0.05, 0.1) is 27.2 Å². The Morgan fingerprint density at radius 2 is 2.03 bits per heavy atom. The Labute approximate surface area is 177 Å². The second kappa shape index (κ2) is 9.08. The van der Waals surface area contributed by atoms with Gasteiger partial charge < -0.3 is 10.1 Å². The maximum atomic E-state index is 12.8. The minimum atomic E-state index is -3.74. The fourth-order valence-corrected chi connectivity index (χ4v) is 4.46. The van der Waals surface area contributed by atoms with Crippen molar-refractivity contribution in [3.8, 4) is 17.6 Å². The van der Waals surface area contributed by atoms with Gasteiger partial charge >= 0.3 is 0 Å². The van der Waals surface area contributed by atoms with Crippen LogP contribution in [0.2, 0.25) is 0 Å². The molecule has 0 unspecified atom stereocenters. The van der Waals surface area contributed by atoms with E-state index in [4.69, 9.17) is 9.94 Å². The van der Waals surface area contributed by atoms with Crippen molar-refractivity contribution in [2.75, 3.05) is 17.8 Å². The maximum Gasteiger partial charge on any atom is 0.278 e. The quantitative estimate of drug-likeness (QED) is 0.286. The van der Waals surface area contributed by atoms with Crippen LogP contribution < -0.4 is 15.5 Å². The first-order chi connectivity index (χ1) is 14.4. The Hall–Kier alpha value is -3.20. The summed E-state index contributed by atoms with van der Waals surface area (Å²) < 4.78 is 35.1. The molecule has 0 aliphatic carbocycles. The van der Waals surface area contributed by atoms with E-state index in [1.54, 1.807) is 31.5 Å². The van der Waals surface area contributed by atoms with Crippen LogP contribution in [0, 0.1) is 18.8 Å². The van der Waals surface area contributed by atoms with Crippen molar-refractivity contribution in [3.05, 3.63) is 41.7 Å². The molecule has 0 aliphatic heterocycles. The van der Waals surface area contributed by atoms with E-state index in [0.29, 0.717) is 21.7 Å². The summed E-state index contributed by atoms with van der Waals surface area (Å²) in [5, 5.41) is 12.3. The molecular formula is C19H18N4O5S2. The Balaban J connectivity index is 1.86. The van der Waals surface area contributed by atoms with Gasteiger partial charge in [0.2, 0.25) is 0 Å². The number of nitrogens with zero attached hydrogens (tertiary/aromatic N) is 2. The summed E-state index contributed by atoms with van der Waals surface area (Å²) in [6.07, 6.45) is 1.26. The van der Waals surface area contributed by atoms with E-state index in [1.165, 1.54) is 18.3 Å². The lowest BCUT2D eigenvalue weighted by molar-refractivity contribution is 0.0707. The second-order valence-corrected chi connectivity index (χ2v) is 8.80. The molecule has 2 aromatic heterocycles. The van der Waals surface area contributed by atoms with Crippen LogP contribution in [-0.2, 0) is 9.84 Å². The van der Waals surface area contributed by atoms with E-state index in [0.717, 1.165) is 11.5 Å². The van der Waals surface area contributed by atoms with Crippen molar-refractivity contribution in [1.29, 1.82) is 0 Å². The summed E-state index contributed by atoms with van der Waals surface area (Å²) in [7, 11) is -3.74. The molecular weight excluding hydrogens is 428 g/mol. The molecule has 0 aliphatic rings. The Morgan fingerprint density at radius 1 is 1.30 bits per heavy atom. The topological polar surface area (TPSA) is 131 Å². The third-order valence-corrected chi connectivity index (χ3v) is 6.49. The molecule has 1 amide bonds. The van der Waals surface area contributed by atoms with E-state index in [2.05, 4.69) is 26.5 Å². The molecule has 2 heterocycles. The van der Waals surface area contributed by atoms with Crippen molar-refractivity contribution in [1.82, 2.24) is 14.8 Å². The number of aromatic nitrogens is 2. The molecule has 0 fully saturated rings. The summed E-state index contributed by atoms with van der Waals surface area (Å²) >= 11 is 1.13. The van der Waals surface area contributed by atoms with Gasteiger partial charge in [0.25, 0.3) is 5.91 Å². The van der Waals surface area contributed by atoms with Crippen LogP contribution in [0.5, 0.6) is 5.75 Å². The minimum absolute atomic E-state index is 0.00396. The minimum Gasteiger partial charge on any atom is -0.481 e. The zero-order valence-electron chi connectivity index (χ0n) is 16.1. The van der Waals surface area contributed by atoms with Crippen LogP contribution in [0.3, 0.4) is 0 Å². The smallest absolute Gasteiger partial charge is 0.278 e. The normalized spacial score (nSPS) is 10.9. The number of benzene rings is 1. The number of hydrogen-bond donors (Lipinski definition) is 3. The predicted molar refractivity (Wildman–Crippen MR) is 112 cm³/mol. The number of nitrogens with one attached hydrogen (secondary N) is 2. The number of fused-ring (bicyclic) bond motifs is 1. The molecule has 0 saturated carbocycles. The van der Waals surface area contributed by atoms with Gasteiger partial charge in [-0.3, -0.25) is 10.0 Å². The largest absolute Gasteiger partial charge is 0.481 e. The number of anilines is 1. The molecule has 3 N–H and O–H groups in total. The average Bonchev–Trinajstić information content (AvgIpc) is 3.13. The van der Waals surface area contributed by atoms with Gasteiger partial charge in [-0.2, -0.15) is 4.37 Å². The molecule has 0 bridgehead atoms. The number of pyridine rings is 1. The molecule has 30 heavy (non-hydrogen) atoms. The van der Waals surface area contributed by atoms with Crippen LogP contribution in [0.25, 0.3) is 10.2 Å². The van der Waals surface area contributed by atoms with Gasteiger partial charge in [-0.25, -0.2) is 18.9 Å². The highest BCUT2D eigenvalue weighted by atomic mass is 32.2. The van der Waals surface area contributed by atoms with Crippen molar-refractivity contribution in [2.24, 2.45) is 0 Å². The molecule has 11 heteroatoms. The molecule has 3 rings (SSSR count). The second-order valence-electron chi connectivity index (χ2n) is 6.06. The summed E-state index contributed by atoms with van der Waals surface area (Å²) in [5.74, 6) is 4.67. The average molecular weight is 447 g/mol. The number of amides is 1. The maximum absolute atomic E-state index is 12.8. The third kappa shape index (κ3) is 4.51. The number of ether oxygens (including phenoxy) is 1. The lowest BCUT2D eigenvalue weighted by Crippen LogP contribution is -2.22. The van der Waals surface area contributed by atoms with Crippen molar-refractivity contribution in [3.63, 3.8) is 0 Å². The number of carbonyl (C=O) groups excluding carboxylic acids is 1. The zero-order chi connectivity index (χ0) is 21.7. The van der Waals surface area contributed by atoms with Gasteiger partial charge in [0.1, 0.15) is 23.1 Å². The van der Waals surface area contributed by atoms with E-state index in [1.807, 2.05) is 0 Å². The Morgan fingerprint density at radius 3 is 2.70 bits per heavy atom. The third-order valence-electron chi connectivity index (χ3n) is 4.13. The predicted octanol–water partition coefficient (Wildman–Crippen LogP) is 2.36. The highest BCUT2D eigenvalue weighted by molar-refractivity contribution is 7.91. The molecule has 0 radical (unpaired) electrons. The summed E-state index contributed by atoms with van der Waals surface area (Å²) in [6, 6.07) is 5.97. The zero-order valence-corrected chi connectivity index (χ0v) is 17.7. The summed E-state index contributed by atoms with van der Waals surface area (Å²) in [6.45, 7) is 3.64. The van der Waals surface area contributed by atoms with Crippen molar-refractivity contribution >= 4 is 43.2 Å². The van der Waals surface area contributed by atoms with Gasteiger partial charge in [-0.15, -0.1) is 5.92 Å². The molecule has 9 nitrogen and oxygen atoms in total. The first-order valence-electron chi connectivity index (χ1n) is 8.66. The number of sulfone groups is 1. The van der Waals surface area contributed by atoms with Gasteiger partial charge in [-0.1, -0.05) is 5.92 Å². The van der Waals surface area contributed by atoms with Crippen molar-refractivity contribution in [2.45, 2.75) is 18.7 Å². The SMILES string of the molecule is CC#CCOc1ccc(S(=O)(=O)CNc2c(C(=O)NO)cnc3snc(C)c23)cc1. The molecule has 1 aromatic carbocycles. The molecule has 0 saturated heterocycles. The molecule has 0 spiro atoms. The molecule has 0 atom stereocenters. The Kier molecular flexibility index (Phi) is 6.51. The Bertz CT molecular complexity index is 1240. The fraction of sp³-hybridized carbons (Fsp3) is 0.211. The molecule has 3 aromatic rings. The fourth-order valence-electron chi connectivity index (χ4n) is 2.66. The van der Waals surface area contributed by atoms with Crippen LogP contribution in [0.15, 0.2) is 35.4 Å². The first-order valence-corrected chi connectivity index (χ1v) is 11.1. The number of hydroxylamine groups is 1. The van der Waals surface area contributed by atoms with Crippen LogP contribution in [0.1, 0.15) is 23.0 Å². The number of carbonyl (C=O) groups is 1. The van der Waals surface area contributed by atoms with Gasteiger partial charge in [0, 0.05) is 6.20 Å². The number of aryl methyl sites for hydroxylation is 1. The van der Waals surface area contributed by atoms with E-state index >= 15 is 0 Å². The summed E-state index contributed by atoms with van der Waals surface area (Å²) in [4.78, 5) is 16.8. The lowest BCUT2D eigenvalue weighted by atomic mass is 10.1. The van der Waals surface area contributed by atoms with Crippen LogP contribution in [-0.4, -0.2) is 41.4 Å².